The summed E-state index contributed by atoms with van der Waals surface area (Å²) in [5.74, 6) is -1.26. The number of benzene rings is 2. The molecule has 0 bridgehead atoms. The molecule has 0 saturated heterocycles. The van der Waals surface area contributed by atoms with Crippen LogP contribution in [0.2, 0.25) is 0 Å². The van der Waals surface area contributed by atoms with Gasteiger partial charge in [0.25, 0.3) is 0 Å². The van der Waals surface area contributed by atoms with E-state index in [0.29, 0.717) is 11.3 Å². The van der Waals surface area contributed by atoms with Gasteiger partial charge in [0.05, 0.1) is 0 Å². The van der Waals surface area contributed by atoms with E-state index in [9.17, 15) is 9.90 Å². The summed E-state index contributed by atoms with van der Waals surface area (Å²) >= 11 is 0. The van der Waals surface area contributed by atoms with Crippen molar-refractivity contribution in [1.82, 2.24) is 0 Å². The third-order valence-electron chi connectivity index (χ3n) is 2.96. The Hall–Kier alpha value is -2.33. The highest BCUT2D eigenvalue weighted by atomic mass is 16.4. The lowest BCUT2D eigenvalue weighted by atomic mass is 10.00. The molecule has 2 rings (SSSR count). The Labute approximate surface area is 111 Å². The number of aliphatic hydroxyl groups excluding tert-OH is 1. The van der Waals surface area contributed by atoms with Crippen LogP contribution >= 0.6 is 0 Å². The molecule has 0 radical (unpaired) electrons. The maximum Gasteiger partial charge on any atom is 0.337 e. The lowest BCUT2D eigenvalue weighted by molar-refractivity contribution is -0.146. The number of hydrogen-bond acceptors (Lipinski definition) is 3. The van der Waals surface area contributed by atoms with Crippen molar-refractivity contribution in [2.45, 2.75) is 6.10 Å². The zero-order chi connectivity index (χ0) is 13.8. The van der Waals surface area contributed by atoms with Crippen molar-refractivity contribution in [3.63, 3.8) is 0 Å². The molecule has 0 spiro atoms. The molecule has 4 heteroatoms. The zero-order valence-electron chi connectivity index (χ0n) is 10.5. The number of rotatable bonds is 4. The molecule has 3 N–H and O–H groups in total. The van der Waals surface area contributed by atoms with Crippen LogP contribution in [0.1, 0.15) is 11.7 Å². The molecule has 2 aromatic rings. The fourth-order valence-electron chi connectivity index (χ4n) is 1.95. The van der Waals surface area contributed by atoms with Crippen molar-refractivity contribution in [3.05, 3.63) is 54.1 Å². The zero-order valence-corrected chi connectivity index (χ0v) is 10.5. The summed E-state index contributed by atoms with van der Waals surface area (Å²) in [6.07, 6.45) is -1.52. The number of anilines is 1. The number of carboxylic acid groups (broad SMARTS) is 1. The smallest absolute Gasteiger partial charge is 0.337 e. The van der Waals surface area contributed by atoms with Gasteiger partial charge in [-0.2, -0.15) is 0 Å². The van der Waals surface area contributed by atoms with E-state index >= 15 is 0 Å². The van der Waals surface area contributed by atoms with Gasteiger partial charge >= 0.3 is 5.97 Å². The minimum atomic E-state index is -1.52. The minimum Gasteiger partial charge on any atom is -0.479 e. The van der Waals surface area contributed by atoms with E-state index in [0.717, 1.165) is 11.1 Å². The Balaban J connectivity index is 2.45. The van der Waals surface area contributed by atoms with Crippen LogP contribution in [-0.4, -0.2) is 23.2 Å². The van der Waals surface area contributed by atoms with Crippen LogP contribution in [0.15, 0.2) is 48.5 Å². The molecule has 19 heavy (non-hydrogen) atoms. The maximum absolute atomic E-state index is 10.8. The van der Waals surface area contributed by atoms with E-state index in [1.165, 1.54) is 0 Å². The van der Waals surface area contributed by atoms with Gasteiger partial charge in [0.2, 0.25) is 0 Å². The summed E-state index contributed by atoms with van der Waals surface area (Å²) in [7, 11) is 1.70. The van der Waals surface area contributed by atoms with Gasteiger partial charge in [0.1, 0.15) is 0 Å². The first-order valence-electron chi connectivity index (χ1n) is 5.91. The molecule has 0 saturated carbocycles. The molecule has 98 valence electrons. The predicted molar refractivity (Wildman–Crippen MR) is 74.0 cm³/mol. The molecule has 0 aliphatic heterocycles. The Morgan fingerprint density at radius 2 is 1.79 bits per heavy atom. The van der Waals surface area contributed by atoms with E-state index in [4.69, 9.17) is 5.11 Å². The van der Waals surface area contributed by atoms with Gasteiger partial charge in [-0.3, -0.25) is 0 Å². The van der Waals surface area contributed by atoms with Crippen molar-refractivity contribution >= 4 is 11.7 Å². The Morgan fingerprint density at radius 3 is 2.37 bits per heavy atom. The quantitative estimate of drug-likeness (QED) is 0.787. The van der Waals surface area contributed by atoms with Gasteiger partial charge < -0.3 is 15.5 Å². The van der Waals surface area contributed by atoms with Gasteiger partial charge in [-0.05, 0) is 17.2 Å². The first-order chi connectivity index (χ1) is 9.13. The highest BCUT2D eigenvalue weighted by Crippen LogP contribution is 2.29. The average molecular weight is 257 g/mol. The number of aliphatic carboxylic acids is 1. The lowest BCUT2D eigenvalue weighted by Gasteiger charge is -2.14. The summed E-state index contributed by atoms with van der Waals surface area (Å²) in [5.41, 5.74) is 2.97. The van der Waals surface area contributed by atoms with Crippen molar-refractivity contribution in [2.24, 2.45) is 0 Å². The van der Waals surface area contributed by atoms with Crippen LogP contribution in [-0.2, 0) is 4.79 Å². The Morgan fingerprint density at radius 1 is 1.11 bits per heavy atom. The molecule has 0 aliphatic carbocycles. The Kier molecular flexibility index (Phi) is 3.82. The molecule has 0 fully saturated rings. The predicted octanol–water partition coefficient (Wildman–Crippen LogP) is 2.51. The van der Waals surface area contributed by atoms with Crippen LogP contribution in [0.3, 0.4) is 0 Å². The standard InChI is InChI=1S/C15H15NO3/c1-16-13-9-11(10-5-3-2-4-6-10)7-8-12(13)14(17)15(18)19/h2-9,14,16-17H,1H3,(H,18,19). The second-order valence-electron chi connectivity index (χ2n) is 4.16. The summed E-state index contributed by atoms with van der Waals surface area (Å²) < 4.78 is 0. The molecular formula is C15H15NO3. The molecule has 2 aromatic carbocycles. The fraction of sp³-hybridized carbons (Fsp3) is 0.133. The maximum atomic E-state index is 10.8. The van der Waals surface area contributed by atoms with Crippen molar-refractivity contribution in [1.29, 1.82) is 0 Å². The van der Waals surface area contributed by atoms with Crippen LogP contribution in [0.4, 0.5) is 5.69 Å². The summed E-state index contributed by atoms with van der Waals surface area (Å²) in [6.45, 7) is 0. The normalized spacial score (nSPS) is 11.9. The fourth-order valence-corrected chi connectivity index (χ4v) is 1.95. The van der Waals surface area contributed by atoms with Gasteiger partial charge in [0, 0.05) is 18.3 Å². The SMILES string of the molecule is CNc1cc(-c2ccccc2)ccc1C(O)C(=O)O. The van der Waals surface area contributed by atoms with Crippen molar-refractivity contribution in [2.75, 3.05) is 12.4 Å². The molecular weight excluding hydrogens is 242 g/mol. The van der Waals surface area contributed by atoms with E-state index in [1.807, 2.05) is 36.4 Å². The summed E-state index contributed by atoms with van der Waals surface area (Å²) in [5, 5.41) is 21.4. The average Bonchev–Trinajstić information content (AvgIpc) is 2.46. The molecule has 4 nitrogen and oxygen atoms in total. The van der Waals surface area contributed by atoms with Gasteiger partial charge in [-0.1, -0.05) is 42.5 Å². The van der Waals surface area contributed by atoms with E-state index < -0.39 is 12.1 Å². The summed E-state index contributed by atoms with van der Waals surface area (Å²) in [4.78, 5) is 10.8. The lowest BCUT2D eigenvalue weighted by Crippen LogP contribution is -2.12. The number of carboxylic acids is 1. The number of aliphatic hydroxyl groups is 1. The van der Waals surface area contributed by atoms with Gasteiger partial charge in [-0.15, -0.1) is 0 Å². The number of hydrogen-bond donors (Lipinski definition) is 3. The molecule has 0 aromatic heterocycles. The van der Waals surface area contributed by atoms with Crippen molar-refractivity contribution < 1.29 is 15.0 Å². The topological polar surface area (TPSA) is 69.6 Å². The van der Waals surface area contributed by atoms with Gasteiger partial charge in [0.15, 0.2) is 6.10 Å². The van der Waals surface area contributed by atoms with E-state index in [2.05, 4.69) is 5.32 Å². The van der Waals surface area contributed by atoms with Crippen LogP contribution in [0.25, 0.3) is 11.1 Å². The third kappa shape index (κ3) is 2.74. The number of nitrogens with one attached hydrogen (secondary N) is 1. The molecule has 0 amide bonds. The minimum absolute atomic E-state index is 0.356. The first-order valence-corrected chi connectivity index (χ1v) is 5.91. The highest BCUT2D eigenvalue weighted by Gasteiger charge is 2.19. The molecule has 0 aliphatic rings. The first kappa shape index (κ1) is 13.1. The van der Waals surface area contributed by atoms with Crippen molar-refractivity contribution in [3.8, 4) is 11.1 Å². The molecule has 0 heterocycles. The highest BCUT2D eigenvalue weighted by molar-refractivity contribution is 5.79. The third-order valence-corrected chi connectivity index (χ3v) is 2.96. The van der Waals surface area contributed by atoms with E-state index in [1.54, 1.807) is 19.2 Å². The van der Waals surface area contributed by atoms with Crippen LogP contribution in [0.5, 0.6) is 0 Å². The second kappa shape index (κ2) is 5.54. The van der Waals surface area contributed by atoms with Crippen LogP contribution in [0, 0.1) is 0 Å². The van der Waals surface area contributed by atoms with Crippen LogP contribution < -0.4 is 5.32 Å². The second-order valence-corrected chi connectivity index (χ2v) is 4.16. The molecule has 1 atom stereocenters. The number of carbonyl (C=O) groups is 1. The summed E-state index contributed by atoms with van der Waals surface area (Å²) in [6, 6.07) is 15.0. The van der Waals surface area contributed by atoms with E-state index in [-0.39, 0.29) is 0 Å². The largest absolute Gasteiger partial charge is 0.479 e. The monoisotopic (exact) mass is 257 g/mol. The Bertz CT molecular complexity index is 581. The van der Waals surface area contributed by atoms with Gasteiger partial charge in [-0.25, -0.2) is 4.79 Å². The molecule has 1 unspecified atom stereocenters.